The Balaban J connectivity index is 2.16. The van der Waals surface area contributed by atoms with E-state index >= 15 is 0 Å². The van der Waals surface area contributed by atoms with Crippen LogP contribution >= 0.6 is 24.2 Å². The molecular weight excluding hydrogens is 340 g/mol. The average Bonchev–Trinajstić information content (AvgIpc) is 2.71. The topological polar surface area (TPSA) is 41.5 Å². The summed E-state index contributed by atoms with van der Waals surface area (Å²) in [7, 11) is 0. The van der Waals surface area contributed by atoms with Gasteiger partial charge >= 0.3 is 0 Å². The Morgan fingerprint density at radius 3 is 2.79 bits per heavy atom. The molecule has 2 rings (SSSR count). The Morgan fingerprint density at radius 2 is 2.08 bits per heavy atom. The monoisotopic (exact) mass is 360 g/mol. The molecule has 1 aromatic rings. The summed E-state index contributed by atoms with van der Waals surface area (Å²) in [5.41, 5.74) is 4.22. The lowest BCUT2D eigenvalue weighted by atomic mass is 10.1. The Bertz CT molecular complexity index is 772. The van der Waals surface area contributed by atoms with Gasteiger partial charge in [0.1, 0.15) is 0 Å². The first-order valence-electron chi connectivity index (χ1n) is 7.73. The minimum absolute atomic E-state index is 0.115. The number of nitrogens with one attached hydrogen (secondary N) is 1. The molecule has 1 aromatic carbocycles. The van der Waals surface area contributed by atoms with E-state index in [1.165, 1.54) is 5.57 Å². The van der Waals surface area contributed by atoms with Crippen LogP contribution in [0, 0.1) is 0 Å². The molecule has 1 aliphatic rings. The Morgan fingerprint density at radius 1 is 1.33 bits per heavy atom. The summed E-state index contributed by atoms with van der Waals surface area (Å²) < 4.78 is 0. The number of carbonyl (C=O) groups is 1. The zero-order chi connectivity index (χ0) is 17.7. The molecule has 1 N–H and O–H groups in total. The van der Waals surface area contributed by atoms with Crippen LogP contribution in [0.3, 0.4) is 0 Å². The Labute approximate surface area is 153 Å². The number of halogens is 1. The molecule has 126 valence electrons. The minimum Gasteiger partial charge on any atom is -0.324 e. The molecule has 0 aliphatic heterocycles. The molecule has 0 spiro atoms. The van der Waals surface area contributed by atoms with Crippen LogP contribution in [0.2, 0.25) is 5.02 Å². The van der Waals surface area contributed by atoms with Crippen molar-refractivity contribution in [1.82, 2.24) is 0 Å². The molecule has 0 saturated carbocycles. The molecule has 0 unspecified atom stereocenters. The lowest BCUT2D eigenvalue weighted by Crippen LogP contribution is -2.12. The maximum absolute atomic E-state index is 12.3. The van der Waals surface area contributed by atoms with Crippen LogP contribution in [0.15, 0.2) is 57.5 Å². The van der Waals surface area contributed by atoms with Crippen LogP contribution in [-0.2, 0) is 4.79 Å². The highest BCUT2D eigenvalue weighted by atomic mass is 35.5. The molecular formula is C19H21ClN2OS. The van der Waals surface area contributed by atoms with Gasteiger partial charge in [-0.15, -0.1) is 12.6 Å². The van der Waals surface area contributed by atoms with Crippen molar-refractivity contribution >= 4 is 47.2 Å². The molecule has 0 heterocycles. The second-order valence-corrected chi connectivity index (χ2v) is 6.80. The van der Waals surface area contributed by atoms with E-state index in [0.29, 0.717) is 27.7 Å². The number of nitrogens with zero attached hydrogens (tertiary/aromatic N) is 1. The van der Waals surface area contributed by atoms with Crippen molar-refractivity contribution in [2.24, 2.45) is 4.99 Å². The molecule has 3 nitrogen and oxygen atoms in total. The van der Waals surface area contributed by atoms with Crippen LogP contribution in [0.4, 0.5) is 11.4 Å². The number of allylic oxidation sites excluding steroid dienone is 5. The summed E-state index contributed by atoms with van der Waals surface area (Å²) in [5.74, 6) is -0.115. The number of hydrogen-bond acceptors (Lipinski definition) is 3. The first-order chi connectivity index (χ1) is 11.4. The van der Waals surface area contributed by atoms with E-state index in [1.54, 1.807) is 12.1 Å². The quantitative estimate of drug-likeness (QED) is 0.509. The van der Waals surface area contributed by atoms with Crippen molar-refractivity contribution in [3.8, 4) is 0 Å². The second-order valence-electron chi connectivity index (χ2n) is 5.94. The summed E-state index contributed by atoms with van der Waals surface area (Å²) in [6, 6.07) is 3.53. The SMILES string of the molecule is CC1=CC=C(CC(=O)Nc2ccc(S)c(N=C(C)C)c2Cl)C=CC1. The number of hydrogen-bond donors (Lipinski definition) is 2. The fraction of sp³-hybridized carbons (Fsp3) is 0.263. The van der Waals surface area contributed by atoms with Crippen LogP contribution in [0.25, 0.3) is 0 Å². The molecule has 0 radical (unpaired) electrons. The summed E-state index contributed by atoms with van der Waals surface area (Å²) in [5, 5.41) is 3.26. The van der Waals surface area contributed by atoms with Gasteiger partial charge in [0.2, 0.25) is 5.91 Å². The highest BCUT2D eigenvalue weighted by molar-refractivity contribution is 7.80. The first kappa shape index (κ1) is 18.6. The van der Waals surface area contributed by atoms with Crippen molar-refractivity contribution in [3.05, 3.63) is 52.6 Å². The number of benzene rings is 1. The maximum atomic E-state index is 12.3. The molecule has 1 amide bonds. The minimum atomic E-state index is -0.115. The largest absolute Gasteiger partial charge is 0.324 e. The van der Waals surface area contributed by atoms with E-state index < -0.39 is 0 Å². The van der Waals surface area contributed by atoms with Crippen molar-refractivity contribution < 1.29 is 4.79 Å². The number of amides is 1. The van der Waals surface area contributed by atoms with E-state index in [2.05, 4.69) is 35.9 Å². The van der Waals surface area contributed by atoms with Crippen molar-refractivity contribution in [1.29, 1.82) is 0 Å². The zero-order valence-electron chi connectivity index (χ0n) is 14.1. The van der Waals surface area contributed by atoms with Crippen LogP contribution < -0.4 is 5.32 Å². The van der Waals surface area contributed by atoms with E-state index in [9.17, 15) is 4.79 Å². The number of carbonyl (C=O) groups excluding carboxylic acids is 1. The summed E-state index contributed by atoms with van der Waals surface area (Å²) in [6.07, 6.45) is 9.28. The fourth-order valence-corrected chi connectivity index (χ4v) is 2.80. The number of aliphatic imine (C=N–C) groups is 1. The van der Waals surface area contributed by atoms with Gasteiger partial charge in [0.05, 0.1) is 22.8 Å². The van der Waals surface area contributed by atoms with Gasteiger partial charge in [0.15, 0.2) is 0 Å². The van der Waals surface area contributed by atoms with E-state index in [-0.39, 0.29) is 5.91 Å². The van der Waals surface area contributed by atoms with Crippen molar-refractivity contribution in [3.63, 3.8) is 0 Å². The summed E-state index contributed by atoms with van der Waals surface area (Å²) in [6.45, 7) is 5.84. The predicted molar refractivity (Wildman–Crippen MR) is 106 cm³/mol. The Kier molecular flexibility index (Phi) is 6.46. The molecule has 0 aromatic heterocycles. The van der Waals surface area contributed by atoms with Crippen molar-refractivity contribution in [2.45, 2.75) is 38.5 Å². The van der Waals surface area contributed by atoms with Crippen LogP contribution in [0.1, 0.15) is 33.6 Å². The number of rotatable bonds is 4. The third-order valence-electron chi connectivity index (χ3n) is 3.42. The molecule has 5 heteroatoms. The lowest BCUT2D eigenvalue weighted by Gasteiger charge is -2.11. The molecule has 24 heavy (non-hydrogen) atoms. The maximum Gasteiger partial charge on any atom is 0.228 e. The lowest BCUT2D eigenvalue weighted by molar-refractivity contribution is -0.115. The zero-order valence-corrected chi connectivity index (χ0v) is 15.7. The molecule has 0 atom stereocenters. The van der Waals surface area contributed by atoms with Gasteiger partial charge in [-0.25, -0.2) is 0 Å². The van der Waals surface area contributed by atoms with Crippen LogP contribution in [-0.4, -0.2) is 11.6 Å². The van der Waals surface area contributed by atoms with Gasteiger partial charge in [-0.3, -0.25) is 9.79 Å². The van der Waals surface area contributed by atoms with Crippen molar-refractivity contribution in [2.75, 3.05) is 5.32 Å². The molecule has 0 bridgehead atoms. The van der Waals surface area contributed by atoms with Crippen LogP contribution in [0.5, 0.6) is 0 Å². The number of anilines is 1. The molecule has 0 saturated heterocycles. The van der Waals surface area contributed by atoms with Gasteiger partial charge in [-0.2, -0.15) is 0 Å². The summed E-state index contributed by atoms with van der Waals surface area (Å²) in [4.78, 5) is 17.4. The predicted octanol–water partition coefficient (Wildman–Crippen LogP) is 5.90. The van der Waals surface area contributed by atoms with E-state index in [4.69, 9.17) is 11.6 Å². The highest BCUT2D eigenvalue weighted by Gasteiger charge is 2.13. The second kappa shape index (κ2) is 8.36. The van der Waals surface area contributed by atoms with Gasteiger partial charge in [0.25, 0.3) is 0 Å². The molecule has 1 aliphatic carbocycles. The third-order valence-corrected chi connectivity index (χ3v) is 4.17. The van der Waals surface area contributed by atoms with Gasteiger partial charge < -0.3 is 5.32 Å². The molecule has 0 fully saturated rings. The highest BCUT2D eigenvalue weighted by Crippen LogP contribution is 2.38. The van der Waals surface area contributed by atoms with Gasteiger partial charge in [0, 0.05) is 10.6 Å². The summed E-state index contributed by atoms with van der Waals surface area (Å²) >= 11 is 10.8. The Hall–Kier alpha value is -1.78. The third kappa shape index (κ3) is 5.11. The first-order valence-corrected chi connectivity index (χ1v) is 8.55. The smallest absolute Gasteiger partial charge is 0.228 e. The van der Waals surface area contributed by atoms with E-state index in [0.717, 1.165) is 17.7 Å². The average molecular weight is 361 g/mol. The van der Waals surface area contributed by atoms with Gasteiger partial charge in [-0.05, 0) is 44.9 Å². The van der Waals surface area contributed by atoms with Gasteiger partial charge in [-0.1, -0.05) is 41.5 Å². The number of thiol groups is 1. The fourth-order valence-electron chi connectivity index (χ4n) is 2.25. The normalized spacial score (nSPS) is 13.7. The standard InChI is InChI=1S/C19H21ClN2OS/c1-12(2)21-19-16(24)10-9-15(18(19)20)22-17(23)11-14-6-4-5-13(3)7-8-14/h4,6-10,24H,5,11H2,1-3H3,(H,22,23). The van der Waals surface area contributed by atoms with E-state index in [1.807, 2.05) is 32.1 Å².